The summed E-state index contributed by atoms with van der Waals surface area (Å²) in [6.45, 7) is 7.96. The second kappa shape index (κ2) is 5.65. The SMILES string of the molecule is CC.Cc1cnc2[nH]cc(C)c2n1.S.[HH]. The zero-order chi connectivity index (χ0) is 9.84. The highest BCUT2D eigenvalue weighted by Gasteiger charge is 2.00. The summed E-state index contributed by atoms with van der Waals surface area (Å²) in [6.07, 6.45) is 3.68. The first-order chi connectivity index (χ1) is 6.27. The molecule has 0 amide bonds. The zero-order valence-electron chi connectivity index (χ0n) is 9.05. The molecule has 14 heavy (non-hydrogen) atoms. The predicted molar refractivity (Wildman–Crippen MR) is 67.2 cm³/mol. The largest absolute Gasteiger partial charge is 0.345 e. The van der Waals surface area contributed by atoms with Crippen molar-refractivity contribution in [3.63, 3.8) is 0 Å². The highest BCUT2D eigenvalue weighted by atomic mass is 32.1. The van der Waals surface area contributed by atoms with Gasteiger partial charge in [0.1, 0.15) is 5.52 Å². The Morgan fingerprint density at radius 2 is 1.93 bits per heavy atom. The van der Waals surface area contributed by atoms with Crippen LogP contribution < -0.4 is 0 Å². The lowest BCUT2D eigenvalue weighted by molar-refractivity contribution is 1.17. The van der Waals surface area contributed by atoms with Gasteiger partial charge in [0, 0.05) is 7.62 Å². The minimum atomic E-state index is 0. The third-order valence-electron chi connectivity index (χ3n) is 1.69. The van der Waals surface area contributed by atoms with Crippen LogP contribution in [0, 0.1) is 13.8 Å². The summed E-state index contributed by atoms with van der Waals surface area (Å²) in [5.41, 5.74) is 3.95. The highest BCUT2D eigenvalue weighted by Crippen LogP contribution is 2.11. The number of aromatic amines is 1. The molecular formula is C10H19N3S. The maximum absolute atomic E-state index is 4.34. The Labute approximate surface area is 92.9 Å². The third kappa shape index (κ3) is 2.48. The monoisotopic (exact) mass is 213 g/mol. The van der Waals surface area contributed by atoms with Gasteiger partial charge in [-0.25, -0.2) is 9.97 Å². The first-order valence-electron chi connectivity index (χ1n) is 4.55. The van der Waals surface area contributed by atoms with Crippen molar-refractivity contribution in [1.29, 1.82) is 0 Å². The number of fused-ring (bicyclic) bond motifs is 1. The third-order valence-corrected chi connectivity index (χ3v) is 1.69. The number of nitrogens with one attached hydrogen (secondary N) is 1. The minimum Gasteiger partial charge on any atom is -0.345 e. The van der Waals surface area contributed by atoms with Crippen molar-refractivity contribution in [1.82, 2.24) is 15.0 Å². The Bertz CT molecular complexity index is 400. The van der Waals surface area contributed by atoms with Crippen molar-refractivity contribution in [2.45, 2.75) is 27.7 Å². The van der Waals surface area contributed by atoms with E-state index in [1.54, 1.807) is 6.20 Å². The smallest absolute Gasteiger partial charge is 0.156 e. The van der Waals surface area contributed by atoms with Crippen LogP contribution in [0.15, 0.2) is 12.4 Å². The van der Waals surface area contributed by atoms with E-state index in [1.807, 2.05) is 33.9 Å². The van der Waals surface area contributed by atoms with Crippen molar-refractivity contribution in [3.05, 3.63) is 23.7 Å². The normalized spacial score (nSPS) is 8.86. The van der Waals surface area contributed by atoms with Crippen LogP contribution >= 0.6 is 13.5 Å². The Balaban J connectivity index is 0. The van der Waals surface area contributed by atoms with Crippen LogP contribution in [-0.4, -0.2) is 15.0 Å². The lowest BCUT2D eigenvalue weighted by atomic mass is 10.3. The molecule has 0 aliphatic heterocycles. The van der Waals surface area contributed by atoms with Gasteiger partial charge in [0.05, 0.1) is 11.9 Å². The molecule has 4 heteroatoms. The van der Waals surface area contributed by atoms with E-state index >= 15 is 0 Å². The summed E-state index contributed by atoms with van der Waals surface area (Å²) < 4.78 is 0. The van der Waals surface area contributed by atoms with Crippen LogP contribution in [0.2, 0.25) is 0 Å². The molecule has 80 valence electrons. The lowest BCUT2D eigenvalue weighted by Gasteiger charge is -1.91. The molecule has 2 rings (SSSR count). The fourth-order valence-electron chi connectivity index (χ4n) is 1.10. The summed E-state index contributed by atoms with van der Waals surface area (Å²) in [6, 6.07) is 0. The molecule has 2 aromatic rings. The van der Waals surface area contributed by atoms with Gasteiger partial charge >= 0.3 is 0 Å². The van der Waals surface area contributed by atoms with Crippen molar-refractivity contribution in [2.24, 2.45) is 0 Å². The van der Waals surface area contributed by atoms with Gasteiger partial charge < -0.3 is 4.98 Å². The van der Waals surface area contributed by atoms with Crippen molar-refractivity contribution < 1.29 is 1.43 Å². The Morgan fingerprint density at radius 1 is 1.29 bits per heavy atom. The predicted octanol–water partition coefficient (Wildman–Crippen LogP) is 2.96. The summed E-state index contributed by atoms with van der Waals surface area (Å²) in [7, 11) is 0. The van der Waals surface area contributed by atoms with E-state index in [9.17, 15) is 0 Å². The van der Waals surface area contributed by atoms with Gasteiger partial charge in [0.2, 0.25) is 0 Å². The van der Waals surface area contributed by atoms with E-state index in [-0.39, 0.29) is 14.9 Å². The summed E-state index contributed by atoms with van der Waals surface area (Å²) in [4.78, 5) is 11.6. The fraction of sp³-hybridized carbons (Fsp3) is 0.400. The van der Waals surface area contributed by atoms with Crippen molar-refractivity contribution in [2.75, 3.05) is 0 Å². The number of hydrogen-bond acceptors (Lipinski definition) is 2. The maximum Gasteiger partial charge on any atom is 0.156 e. The molecule has 3 nitrogen and oxygen atoms in total. The average molecular weight is 213 g/mol. The number of hydrogen-bond donors (Lipinski definition) is 1. The molecule has 0 bridgehead atoms. The quantitative estimate of drug-likeness (QED) is 0.731. The molecule has 0 radical (unpaired) electrons. The van der Waals surface area contributed by atoms with Gasteiger partial charge in [-0.2, -0.15) is 13.5 Å². The molecule has 0 aliphatic rings. The summed E-state index contributed by atoms with van der Waals surface area (Å²) in [5.74, 6) is 0. The number of aromatic nitrogens is 3. The lowest BCUT2D eigenvalue weighted by Crippen LogP contribution is -1.84. The summed E-state index contributed by atoms with van der Waals surface area (Å²) in [5, 5.41) is 0. The highest BCUT2D eigenvalue weighted by molar-refractivity contribution is 7.59. The molecule has 0 aliphatic carbocycles. The van der Waals surface area contributed by atoms with Gasteiger partial charge in [-0.15, -0.1) is 0 Å². The van der Waals surface area contributed by atoms with Crippen LogP contribution in [0.4, 0.5) is 0 Å². The minimum absolute atomic E-state index is 0. The molecule has 0 saturated heterocycles. The van der Waals surface area contributed by atoms with Crippen LogP contribution in [0.1, 0.15) is 26.5 Å². The first kappa shape index (κ1) is 13.0. The maximum atomic E-state index is 4.34. The number of rotatable bonds is 0. The van der Waals surface area contributed by atoms with Crippen molar-refractivity contribution >= 4 is 24.7 Å². The van der Waals surface area contributed by atoms with Crippen molar-refractivity contribution in [3.8, 4) is 0 Å². The van der Waals surface area contributed by atoms with Gasteiger partial charge in [-0.3, -0.25) is 0 Å². The topological polar surface area (TPSA) is 41.6 Å². The zero-order valence-corrected chi connectivity index (χ0v) is 10.0. The van der Waals surface area contributed by atoms with E-state index in [0.29, 0.717) is 0 Å². The van der Waals surface area contributed by atoms with Gasteiger partial charge in [-0.05, 0) is 19.4 Å². The fourth-order valence-corrected chi connectivity index (χ4v) is 1.10. The molecule has 2 heterocycles. The van der Waals surface area contributed by atoms with Crippen LogP contribution in [0.25, 0.3) is 11.2 Å². The Morgan fingerprint density at radius 3 is 2.57 bits per heavy atom. The van der Waals surface area contributed by atoms with Gasteiger partial charge in [-0.1, -0.05) is 13.8 Å². The molecular weight excluding hydrogens is 194 g/mol. The average Bonchev–Trinajstić information content (AvgIpc) is 2.52. The van der Waals surface area contributed by atoms with Crippen LogP contribution in [0.3, 0.4) is 0 Å². The standard InChI is InChI=1S/C8H9N3.C2H6.H2S.H2/c1-5-3-9-8-7(5)11-6(2)4-10-8;1-2;;/h3-4H,1-2H3,(H,9,10);1-2H3;1H2;1H. The van der Waals surface area contributed by atoms with Crippen LogP contribution in [-0.2, 0) is 0 Å². The Hall–Kier alpha value is -1.03. The second-order valence-corrected chi connectivity index (χ2v) is 2.68. The molecule has 1 N–H and O–H groups in total. The molecule has 0 fully saturated rings. The van der Waals surface area contributed by atoms with E-state index in [1.165, 1.54) is 0 Å². The van der Waals surface area contributed by atoms with E-state index in [0.717, 1.165) is 22.4 Å². The summed E-state index contributed by atoms with van der Waals surface area (Å²) >= 11 is 0. The van der Waals surface area contributed by atoms with Gasteiger partial charge in [0.15, 0.2) is 5.65 Å². The van der Waals surface area contributed by atoms with Crippen LogP contribution in [0.5, 0.6) is 0 Å². The number of H-pyrrole nitrogens is 1. The molecule has 0 spiro atoms. The number of aryl methyl sites for hydroxylation is 2. The Kier molecular flexibility index (Phi) is 5.23. The molecule has 2 aromatic heterocycles. The molecule has 0 saturated carbocycles. The van der Waals surface area contributed by atoms with Gasteiger partial charge in [0.25, 0.3) is 0 Å². The van der Waals surface area contributed by atoms with E-state index in [4.69, 9.17) is 0 Å². The first-order valence-corrected chi connectivity index (χ1v) is 4.55. The molecule has 0 unspecified atom stereocenters. The molecule has 0 atom stereocenters. The van der Waals surface area contributed by atoms with E-state index < -0.39 is 0 Å². The van der Waals surface area contributed by atoms with E-state index in [2.05, 4.69) is 15.0 Å². The number of nitrogens with zero attached hydrogens (tertiary/aromatic N) is 2. The second-order valence-electron chi connectivity index (χ2n) is 2.68. The molecule has 0 aromatic carbocycles.